The van der Waals surface area contributed by atoms with E-state index in [4.69, 9.17) is 9.47 Å². The molecule has 8 heteroatoms. The molecule has 0 unspecified atom stereocenters. The molecule has 0 fully saturated rings. The molecule has 0 aliphatic carbocycles. The van der Waals surface area contributed by atoms with Crippen LogP contribution in [0.5, 0.6) is 5.75 Å². The van der Waals surface area contributed by atoms with Gasteiger partial charge in [-0.05, 0) is 46.3 Å². The Balaban J connectivity index is 1.98. The number of ether oxygens (including phenoxy) is 2. The van der Waals surface area contributed by atoms with Crippen LogP contribution in [0.1, 0.15) is 11.1 Å². The lowest BCUT2D eigenvalue weighted by Crippen LogP contribution is -2.05. The molecule has 0 bridgehead atoms. The fourth-order valence-corrected chi connectivity index (χ4v) is 2.80. The molecule has 7 nitrogen and oxygen atoms in total. The number of nitro benzene ring substituents is 1. The van der Waals surface area contributed by atoms with Gasteiger partial charge >= 0.3 is 5.97 Å². The second kappa shape index (κ2) is 6.86. The predicted molar refractivity (Wildman–Crippen MR) is 94.4 cm³/mol. The van der Waals surface area contributed by atoms with Crippen molar-refractivity contribution in [2.75, 3.05) is 7.11 Å². The van der Waals surface area contributed by atoms with Gasteiger partial charge in [-0.2, -0.15) is 0 Å². The van der Waals surface area contributed by atoms with Crippen LogP contribution < -0.4 is 4.74 Å². The number of hydrogen-bond donors (Lipinski definition) is 0. The average Bonchev–Trinajstić information content (AvgIpc) is 2.96. The molecule has 0 saturated heterocycles. The lowest BCUT2D eigenvalue weighted by Gasteiger charge is -2.05. The third kappa shape index (κ3) is 3.43. The normalized spacial score (nSPS) is 15.0. The Morgan fingerprint density at radius 3 is 2.72 bits per heavy atom. The molecule has 0 radical (unpaired) electrons. The van der Waals surface area contributed by atoms with E-state index in [1.54, 1.807) is 37.4 Å². The van der Waals surface area contributed by atoms with Gasteiger partial charge in [0.15, 0.2) is 5.70 Å². The molecule has 0 amide bonds. The zero-order chi connectivity index (χ0) is 18.0. The van der Waals surface area contributed by atoms with Crippen LogP contribution in [-0.2, 0) is 9.53 Å². The molecule has 0 N–H and O–H groups in total. The summed E-state index contributed by atoms with van der Waals surface area (Å²) in [4.78, 5) is 26.7. The molecular formula is C17H11BrN2O5. The SMILES string of the molecule is COc1ccc(C2=N/C(=C/c3ccccc3[N+](=O)[O-])C(=O)O2)cc1Br. The van der Waals surface area contributed by atoms with E-state index in [-0.39, 0.29) is 22.8 Å². The third-order valence-corrected chi connectivity index (χ3v) is 4.06. The number of methoxy groups -OCH3 is 1. The smallest absolute Gasteiger partial charge is 0.363 e. The zero-order valence-corrected chi connectivity index (χ0v) is 14.5. The van der Waals surface area contributed by atoms with Crippen molar-refractivity contribution in [3.8, 4) is 5.75 Å². The number of hydrogen-bond acceptors (Lipinski definition) is 6. The summed E-state index contributed by atoms with van der Waals surface area (Å²) in [6, 6.07) is 11.2. The third-order valence-electron chi connectivity index (χ3n) is 3.44. The summed E-state index contributed by atoms with van der Waals surface area (Å²) in [6.45, 7) is 0. The summed E-state index contributed by atoms with van der Waals surface area (Å²) in [5.74, 6) is 0.0858. The molecule has 2 aromatic rings. The number of carbonyl (C=O) groups is 1. The van der Waals surface area contributed by atoms with Crippen molar-refractivity contribution in [2.24, 2.45) is 4.99 Å². The van der Waals surface area contributed by atoms with Gasteiger partial charge in [-0.1, -0.05) is 12.1 Å². The van der Waals surface area contributed by atoms with Crippen LogP contribution >= 0.6 is 15.9 Å². The van der Waals surface area contributed by atoms with Crippen molar-refractivity contribution in [1.29, 1.82) is 0 Å². The minimum atomic E-state index is -0.667. The van der Waals surface area contributed by atoms with Crippen LogP contribution in [-0.4, -0.2) is 23.9 Å². The number of carbonyl (C=O) groups excluding carboxylic acids is 1. The largest absolute Gasteiger partial charge is 0.496 e. The Kier molecular flexibility index (Phi) is 4.62. The number of halogens is 1. The van der Waals surface area contributed by atoms with Crippen LogP contribution in [0.25, 0.3) is 6.08 Å². The molecule has 0 spiro atoms. The first-order valence-electron chi connectivity index (χ1n) is 7.09. The van der Waals surface area contributed by atoms with Gasteiger partial charge in [-0.3, -0.25) is 10.1 Å². The maximum Gasteiger partial charge on any atom is 0.363 e. The first-order valence-corrected chi connectivity index (χ1v) is 7.89. The molecule has 3 rings (SSSR count). The number of benzene rings is 2. The monoisotopic (exact) mass is 402 g/mol. The Morgan fingerprint density at radius 1 is 1.28 bits per heavy atom. The first-order chi connectivity index (χ1) is 12.0. The predicted octanol–water partition coefficient (Wildman–Crippen LogP) is 3.71. The fraction of sp³-hybridized carbons (Fsp3) is 0.0588. The van der Waals surface area contributed by atoms with E-state index in [0.29, 0.717) is 15.8 Å². The Morgan fingerprint density at radius 2 is 2.04 bits per heavy atom. The quantitative estimate of drug-likeness (QED) is 0.336. The Bertz CT molecular complexity index is 936. The molecular weight excluding hydrogens is 392 g/mol. The molecule has 1 heterocycles. The topological polar surface area (TPSA) is 91.0 Å². The number of nitro groups is 1. The summed E-state index contributed by atoms with van der Waals surface area (Å²) >= 11 is 3.35. The summed E-state index contributed by atoms with van der Waals surface area (Å²) in [6.07, 6.45) is 1.34. The lowest BCUT2D eigenvalue weighted by molar-refractivity contribution is -0.385. The second-order valence-corrected chi connectivity index (χ2v) is 5.86. The molecule has 0 atom stereocenters. The molecule has 25 heavy (non-hydrogen) atoms. The Labute approximate surface area is 150 Å². The van der Waals surface area contributed by atoms with Crippen molar-refractivity contribution < 1.29 is 19.2 Å². The van der Waals surface area contributed by atoms with Gasteiger partial charge in [0.1, 0.15) is 5.75 Å². The van der Waals surface area contributed by atoms with E-state index in [0.717, 1.165) is 0 Å². The van der Waals surface area contributed by atoms with E-state index >= 15 is 0 Å². The van der Waals surface area contributed by atoms with Gasteiger partial charge in [0.2, 0.25) is 5.90 Å². The molecule has 2 aromatic carbocycles. The molecule has 1 aliphatic heterocycles. The highest BCUT2D eigenvalue weighted by Crippen LogP contribution is 2.28. The van der Waals surface area contributed by atoms with Crippen LogP contribution in [0.2, 0.25) is 0 Å². The first kappa shape index (κ1) is 16.8. The maximum atomic E-state index is 12.0. The van der Waals surface area contributed by atoms with E-state index in [1.807, 2.05) is 0 Å². The summed E-state index contributed by atoms with van der Waals surface area (Å²) in [7, 11) is 1.54. The van der Waals surface area contributed by atoms with E-state index in [1.165, 1.54) is 18.2 Å². The van der Waals surface area contributed by atoms with Gasteiger partial charge in [0.25, 0.3) is 5.69 Å². The van der Waals surface area contributed by atoms with E-state index in [9.17, 15) is 14.9 Å². The van der Waals surface area contributed by atoms with Gasteiger partial charge in [0.05, 0.1) is 22.1 Å². The minimum Gasteiger partial charge on any atom is -0.496 e. The van der Waals surface area contributed by atoms with Crippen molar-refractivity contribution in [1.82, 2.24) is 0 Å². The number of esters is 1. The highest BCUT2D eigenvalue weighted by atomic mass is 79.9. The molecule has 126 valence electrons. The van der Waals surface area contributed by atoms with Gasteiger partial charge in [0, 0.05) is 11.6 Å². The average molecular weight is 403 g/mol. The number of cyclic esters (lactones) is 1. The standard InChI is InChI=1S/C17H11BrN2O5/c1-24-15-7-6-11(8-12(15)18)16-19-13(17(21)25-16)9-10-4-2-3-5-14(10)20(22)23/h2-9H,1H3/b13-9+. The van der Waals surface area contributed by atoms with Gasteiger partial charge in [-0.15, -0.1) is 0 Å². The van der Waals surface area contributed by atoms with Crippen molar-refractivity contribution >= 4 is 39.6 Å². The Hall–Kier alpha value is -3.00. The number of rotatable bonds is 4. The lowest BCUT2D eigenvalue weighted by atomic mass is 10.1. The van der Waals surface area contributed by atoms with Crippen molar-refractivity contribution in [3.05, 3.63) is 73.9 Å². The minimum absolute atomic E-state index is 0.00348. The summed E-state index contributed by atoms with van der Waals surface area (Å²) < 4.78 is 11.0. The molecule has 1 aliphatic rings. The van der Waals surface area contributed by atoms with Crippen molar-refractivity contribution in [2.45, 2.75) is 0 Å². The number of para-hydroxylation sites is 1. The highest BCUT2D eigenvalue weighted by molar-refractivity contribution is 9.10. The van der Waals surface area contributed by atoms with Crippen LogP contribution in [0, 0.1) is 10.1 Å². The zero-order valence-electron chi connectivity index (χ0n) is 12.9. The van der Waals surface area contributed by atoms with Gasteiger partial charge in [-0.25, -0.2) is 9.79 Å². The van der Waals surface area contributed by atoms with Crippen LogP contribution in [0.3, 0.4) is 0 Å². The van der Waals surface area contributed by atoms with Gasteiger partial charge < -0.3 is 9.47 Å². The number of aliphatic imine (C=N–C) groups is 1. The molecule has 0 saturated carbocycles. The fourth-order valence-electron chi connectivity index (χ4n) is 2.26. The van der Waals surface area contributed by atoms with E-state index < -0.39 is 10.9 Å². The summed E-state index contributed by atoms with van der Waals surface area (Å²) in [5, 5.41) is 11.1. The van der Waals surface area contributed by atoms with E-state index in [2.05, 4.69) is 20.9 Å². The second-order valence-electron chi connectivity index (χ2n) is 5.00. The summed E-state index contributed by atoms with van der Waals surface area (Å²) in [5.41, 5.74) is 0.738. The molecule has 0 aromatic heterocycles. The van der Waals surface area contributed by atoms with Crippen LogP contribution in [0.15, 0.2) is 57.6 Å². The highest BCUT2D eigenvalue weighted by Gasteiger charge is 2.25. The maximum absolute atomic E-state index is 12.0. The van der Waals surface area contributed by atoms with Crippen molar-refractivity contribution in [3.63, 3.8) is 0 Å². The number of nitrogens with zero attached hydrogens (tertiary/aromatic N) is 2. The van der Waals surface area contributed by atoms with Crippen LogP contribution in [0.4, 0.5) is 5.69 Å².